The van der Waals surface area contributed by atoms with Crippen molar-refractivity contribution in [3.63, 3.8) is 0 Å². The van der Waals surface area contributed by atoms with Crippen molar-refractivity contribution in [1.82, 2.24) is 0 Å². The van der Waals surface area contributed by atoms with Crippen LogP contribution in [0.3, 0.4) is 0 Å². The minimum atomic E-state index is -2.08. The van der Waals surface area contributed by atoms with Crippen LogP contribution in [-0.4, -0.2) is 27.5 Å². The summed E-state index contributed by atoms with van der Waals surface area (Å²) in [7, 11) is 1.33. The molecule has 0 aliphatic heterocycles. The molecule has 4 heteroatoms. The number of hydrogen-bond donors (Lipinski definition) is 0. The Morgan fingerprint density at radius 1 is 0.409 bits per heavy atom. The van der Waals surface area contributed by atoms with E-state index in [2.05, 4.69) is 141 Å². The van der Waals surface area contributed by atoms with Gasteiger partial charge < -0.3 is 14.2 Å². The lowest BCUT2D eigenvalue weighted by Crippen LogP contribution is -2.64. The molecule has 0 spiro atoms. The molecule has 4 aromatic carbocycles. The molecule has 4 aromatic rings. The Hall–Kier alpha value is -3.50. The van der Waals surface area contributed by atoms with Gasteiger partial charge in [0.25, 0.3) is 0 Å². The fourth-order valence-electron chi connectivity index (χ4n) is 6.13. The summed E-state index contributed by atoms with van der Waals surface area (Å²) in [5.74, 6) is 2.67. The molecule has 0 atom stereocenters. The zero-order chi connectivity index (χ0) is 32.6. The van der Waals surface area contributed by atoms with Gasteiger partial charge in [0.05, 0.1) is 19.4 Å². The summed E-state index contributed by atoms with van der Waals surface area (Å²) in [5.41, 5.74) is 6.19. The second-order valence-corrected chi connectivity index (χ2v) is 20.4. The maximum atomic E-state index is 6.87. The fourth-order valence-corrected chi connectivity index (χ4v) is 8.89. The third kappa shape index (κ3) is 6.19. The highest BCUT2D eigenvalue weighted by Crippen LogP contribution is 2.43. The summed E-state index contributed by atoms with van der Waals surface area (Å²) in [6.45, 7) is 23.4. The van der Waals surface area contributed by atoms with Gasteiger partial charge in [0.15, 0.2) is 0 Å². The van der Waals surface area contributed by atoms with E-state index in [1.165, 1.54) is 27.8 Å². The van der Waals surface area contributed by atoms with Gasteiger partial charge in [-0.1, -0.05) is 115 Å². The Kier molecular flexibility index (Phi) is 9.20. The van der Waals surface area contributed by atoms with Crippen molar-refractivity contribution in [2.75, 3.05) is 14.2 Å². The number of methoxy groups -OCH3 is 2. The van der Waals surface area contributed by atoms with Crippen molar-refractivity contribution >= 4 is 8.07 Å². The van der Waals surface area contributed by atoms with Crippen molar-refractivity contribution in [2.45, 2.75) is 89.6 Å². The van der Waals surface area contributed by atoms with Gasteiger partial charge in [-0.05, 0) is 83.1 Å². The minimum absolute atomic E-state index is 0.0322. The average molecular weight is 609 g/mol. The molecule has 0 radical (unpaired) electrons. The van der Waals surface area contributed by atoms with E-state index in [9.17, 15) is 0 Å². The topological polar surface area (TPSA) is 27.7 Å². The first kappa shape index (κ1) is 33.4. The summed E-state index contributed by atoms with van der Waals surface area (Å²) in [4.78, 5) is 0. The Bertz CT molecular complexity index is 1530. The first-order valence-electron chi connectivity index (χ1n) is 15.7. The third-order valence-electron chi connectivity index (χ3n) is 11.0. The molecule has 0 fully saturated rings. The van der Waals surface area contributed by atoms with E-state index in [1.807, 2.05) is 24.3 Å². The standard InChI is InChI=1S/C40H52O3Si/c1-37(2,30-17-23-34(41-9)24-18-30)29-13-15-33(16-14-29)39(5,6)44(11,12)40(7,8)43-36-27-21-32(22-28-36)38(3,4)31-19-25-35(42-10)26-20-31/h13-28H,1-12H3. The van der Waals surface area contributed by atoms with Gasteiger partial charge in [-0.2, -0.15) is 0 Å². The van der Waals surface area contributed by atoms with Gasteiger partial charge in [0, 0.05) is 10.8 Å². The Balaban J connectivity index is 1.53. The number of benzene rings is 4. The van der Waals surface area contributed by atoms with E-state index in [1.54, 1.807) is 14.2 Å². The van der Waals surface area contributed by atoms with Crippen molar-refractivity contribution in [3.05, 3.63) is 125 Å². The molecular weight excluding hydrogens is 557 g/mol. The fraction of sp³-hybridized carbons (Fsp3) is 0.400. The van der Waals surface area contributed by atoms with Crippen molar-refractivity contribution < 1.29 is 14.2 Å². The summed E-state index contributed by atoms with van der Waals surface area (Å²) in [6.07, 6.45) is 0. The third-order valence-corrected chi connectivity index (χ3v) is 17.5. The highest BCUT2D eigenvalue weighted by Gasteiger charge is 2.52. The molecule has 0 bridgehead atoms. The number of rotatable bonds is 11. The second-order valence-electron chi connectivity index (χ2n) is 14.7. The molecule has 0 aromatic heterocycles. The van der Waals surface area contributed by atoms with E-state index < -0.39 is 8.07 Å². The molecule has 0 amide bonds. The van der Waals surface area contributed by atoms with Gasteiger partial charge >= 0.3 is 0 Å². The summed E-state index contributed by atoms with van der Waals surface area (Å²) < 4.78 is 17.6. The van der Waals surface area contributed by atoms with Crippen LogP contribution in [0.25, 0.3) is 0 Å². The van der Waals surface area contributed by atoms with Crippen LogP contribution in [0.4, 0.5) is 0 Å². The minimum Gasteiger partial charge on any atom is -0.497 e. The lowest BCUT2D eigenvalue weighted by atomic mass is 9.77. The highest BCUT2D eigenvalue weighted by molar-refractivity contribution is 6.82. The number of hydrogen-bond acceptors (Lipinski definition) is 3. The van der Waals surface area contributed by atoms with Crippen LogP contribution in [0.1, 0.15) is 83.2 Å². The highest BCUT2D eigenvalue weighted by atomic mass is 28.3. The monoisotopic (exact) mass is 608 g/mol. The second kappa shape index (κ2) is 12.1. The van der Waals surface area contributed by atoms with Crippen molar-refractivity contribution in [2.24, 2.45) is 0 Å². The molecule has 44 heavy (non-hydrogen) atoms. The van der Waals surface area contributed by atoms with Crippen LogP contribution in [0, 0.1) is 0 Å². The Morgan fingerprint density at radius 2 is 0.682 bits per heavy atom. The molecular formula is C40H52O3Si. The zero-order valence-electron chi connectivity index (χ0n) is 29.0. The smallest absolute Gasteiger partial charge is 0.119 e. The van der Waals surface area contributed by atoms with Gasteiger partial charge in [-0.15, -0.1) is 0 Å². The average Bonchev–Trinajstić information content (AvgIpc) is 3.01. The van der Waals surface area contributed by atoms with Crippen LogP contribution in [0.5, 0.6) is 17.2 Å². The van der Waals surface area contributed by atoms with E-state index in [0.29, 0.717) is 0 Å². The molecule has 0 aliphatic carbocycles. The molecule has 4 rings (SSSR count). The molecule has 0 N–H and O–H groups in total. The summed E-state index contributed by atoms with van der Waals surface area (Å²) in [5, 5.41) is -0.347. The maximum absolute atomic E-state index is 6.87. The lowest BCUT2D eigenvalue weighted by molar-refractivity contribution is 0.178. The lowest BCUT2D eigenvalue weighted by Gasteiger charge is -2.50. The largest absolute Gasteiger partial charge is 0.497 e. The Morgan fingerprint density at radius 3 is 1.00 bits per heavy atom. The normalized spacial score (nSPS) is 13.0. The van der Waals surface area contributed by atoms with Gasteiger partial charge in [-0.25, -0.2) is 0 Å². The molecule has 0 heterocycles. The van der Waals surface area contributed by atoms with Crippen molar-refractivity contribution in [1.29, 1.82) is 0 Å². The predicted molar refractivity (Wildman–Crippen MR) is 188 cm³/mol. The van der Waals surface area contributed by atoms with Crippen LogP contribution in [0.15, 0.2) is 97.1 Å². The first-order valence-corrected chi connectivity index (χ1v) is 18.7. The zero-order valence-corrected chi connectivity index (χ0v) is 30.0. The van der Waals surface area contributed by atoms with Crippen LogP contribution in [0.2, 0.25) is 13.1 Å². The molecule has 0 saturated heterocycles. The van der Waals surface area contributed by atoms with E-state index in [0.717, 1.165) is 17.2 Å². The van der Waals surface area contributed by atoms with Crippen LogP contribution in [-0.2, 0) is 15.9 Å². The van der Waals surface area contributed by atoms with E-state index in [-0.39, 0.29) is 21.1 Å². The SMILES string of the molecule is COc1ccc(C(C)(C)c2ccc(OC(C)(C)[Si](C)(C)C(C)(C)c3ccc(C(C)(C)c4ccc(OC)cc4)cc3)cc2)cc1. The Labute approximate surface area is 267 Å². The summed E-state index contributed by atoms with van der Waals surface area (Å²) in [6, 6.07) is 34.7. The van der Waals surface area contributed by atoms with E-state index in [4.69, 9.17) is 14.2 Å². The molecule has 0 unspecified atom stereocenters. The van der Waals surface area contributed by atoms with Gasteiger partial charge in [0.1, 0.15) is 25.3 Å². The van der Waals surface area contributed by atoms with Crippen LogP contribution >= 0.6 is 0 Å². The van der Waals surface area contributed by atoms with E-state index >= 15 is 0 Å². The quantitative estimate of drug-likeness (QED) is 0.159. The van der Waals surface area contributed by atoms with Gasteiger partial charge in [0.2, 0.25) is 0 Å². The molecule has 0 aliphatic rings. The summed E-state index contributed by atoms with van der Waals surface area (Å²) >= 11 is 0. The molecule has 3 nitrogen and oxygen atoms in total. The predicted octanol–water partition coefficient (Wildman–Crippen LogP) is 10.3. The van der Waals surface area contributed by atoms with Crippen molar-refractivity contribution in [3.8, 4) is 17.2 Å². The van der Waals surface area contributed by atoms with Gasteiger partial charge in [-0.3, -0.25) is 0 Å². The number of ether oxygens (including phenoxy) is 3. The molecule has 0 saturated carbocycles. The maximum Gasteiger partial charge on any atom is 0.119 e. The van der Waals surface area contributed by atoms with Crippen LogP contribution < -0.4 is 14.2 Å². The first-order chi connectivity index (χ1) is 20.5. The molecule has 234 valence electrons.